The van der Waals surface area contributed by atoms with Crippen LogP contribution < -0.4 is 11.5 Å². The molecule has 0 radical (unpaired) electrons. The van der Waals surface area contributed by atoms with Crippen LogP contribution >= 0.6 is 0 Å². The third-order valence-electron chi connectivity index (χ3n) is 2.88. The van der Waals surface area contributed by atoms with E-state index in [4.69, 9.17) is 11.5 Å². The first-order chi connectivity index (χ1) is 9.24. The Balaban J connectivity index is 1.78. The van der Waals surface area contributed by atoms with Gasteiger partial charge in [-0.05, 0) is 6.42 Å². The number of fused-ring (bicyclic) bond motifs is 1. The molecule has 19 heavy (non-hydrogen) atoms. The molecular formula is C11H14N8. The zero-order valence-corrected chi connectivity index (χ0v) is 10.2. The van der Waals surface area contributed by atoms with Crippen LogP contribution in [0.2, 0.25) is 0 Å². The zero-order valence-electron chi connectivity index (χ0n) is 10.2. The molecule has 0 atom stereocenters. The lowest BCUT2D eigenvalue weighted by molar-refractivity contribution is 0.641. The maximum Gasteiger partial charge on any atom is 0.224 e. The molecule has 0 fully saturated rings. The van der Waals surface area contributed by atoms with Gasteiger partial charge in [-0.25, -0.2) is 9.97 Å². The van der Waals surface area contributed by atoms with Crippen LogP contribution in [0.5, 0.6) is 0 Å². The fourth-order valence-electron chi connectivity index (χ4n) is 2.00. The van der Waals surface area contributed by atoms with Gasteiger partial charge < -0.3 is 21.0 Å². The van der Waals surface area contributed by atoms with Gasteiger partial charge in [0.25, 0.3) is 0 Å². The number of aryl methyl sites for hydroxylation is 2. The Kier molecular flexibility index (Phi) is 2.75. The number of rotatable bonds is 4. The molecule has 0 amide bonds. The Morgan fingerprint density at radius 3 is 2.89 bits per heavy atom. The highest BCUT2D eigenvalue weighted by Gasteiger charge is 2.09. The Labute approximate surface area is 108 Å². The van der Waals surface area contributed by atoms with Crippen molar-refractivity contribution in [1.82, 2.24) is 29.5 Å². The van der Waals surface area contributed by atoms with E-state index in [0.717, 1.165) is 25.2 Å². The number of hydrogen-bond acceptors (Lipinski definition) is 6. The monoisotopic (exact) mass is 258 g/mol. The minimum Gasteiger partial charge on any atom is -0.382 e. The molecule has 5 N–H and O–H groups in total. The molecule has 0 bridgehead atoms. The van der Waals surface area contributed by atoms with Gasteiger partial charge in [0, 0.05) is 25.4 Å². The topological polar surface area (TPSA) is 124 Å². The zero-order chi connectivity index (χ0) is 13.2. The van der Waals surface area contributed by atoms with E-state index in [-0.39, 0.29) is 5.95 Å². The van der Waals surface area contributed by atoms with Gasteiger partial charge in [0.1, 0.15) is 11.3 Å². The highest BCUT2D eigenvalue weighted by atomic mass is 15.2. The fourth-order valence-corrected chi connectivity index (χ4v) is 2.00. The number of aromatic amines is 1. The summed E-state index contributed by atoms with van der Waals surface area (Å²) < 4.78 is 1.92. The summed E-state index contributed by atoms with van der Waals surface area (Å²) in [5.41, 5.74) is 12.6. The fraction of sp³-hybridized carbons (Fsp3) is 0.273. The van der Waals surface area contributed by atoms with Crippen LogP contribution in [0.25, 0.3) is 11.2 Å². The summed E-state index contributed by atoms with van der Waals surface area (Å²) in [6, 6.07) is 0. The van der Waals surface area contributed by atoms with E-state index in [2.05, 4.69) is 24.9 Å². The molecule has 3 aromatic rings. The van der Waals surface area contributed by atoms with Crippen LogP contribution in [0.15, 0.2) is 18.7 Å². The standard InChI is InChI=1S/C11H14N8/c12-9-8-10(18-11(13)17-9)19(6-16-8)5-1-2-7-14-3-4-15-7/h3-4,6H,1-2,5H2,(H,14,15)(H4,12,13,17,18). The average Bonchev–Trinajstić information content (AvgIpc) is 2.99. The van der Waals surface area contributed by atoms with E-state index in [0.29, 0.717) is 17.0 Å². The summed E-state index contributed by atoms with van der Waals surface area (Å²) in [4.78, 5) is 19.5. The SMILES string of the molecule is Nc1nc(N)c2ncn(CCCc3ncc[nH]3)c2n1. The van der Waals surface area contributed by atoms with Crippen LogP contribution in [0, 0.1) is 0 Å². The van der Waals surface area contributed by atoms with E-state index in [9.17, 15) is 0 Å². The van der Waals surface area contributed by atoms with Crippen molar-refractivity contribution in [2.45, 2.75) is 19.4 Å². The van der Waals surface area contributed by atoms with Crippen molar-refractivity contribution >= 4 is 22.9 Å². The summed E-state index contributed by atoms with van der Waals surface area (Å²) >= 11 is 0. The minimum atomic E-state index is 0.165. The van der Waals surface area contributed by atoms with Gasteiger partial charge in [-0.3, -0.25) is 0 Å². The van der Waals surface area contributed by atoms with E-state index < -0.39 is 0 Å². The maximum absolute atomic E-state index is 5.75. The Hall–Kier alpha value is -2.64. The number of nitrogens with two attached hydrogens (primary N) is 2. The van der Waals surface area contributed by atoms with Gasteiger partial charge in [0.2, 0.25) is 5.95 Å². The number of nitrogen functional groups attached to an aromatic ring is 2. The molecule has 3 rings (SSSR count). The molecule has 0 aromatic carbocycles. The lowest BCUT2D eigenvalue weighted by Gasteiger charge is -2.03. The highest BCUT2D eigenvalue weighted by molar-refractivity contribution is 5.82. The first-order valence-corrected chi connectivity index (χ1v) is 5.96. The average molecular weight is 258 g/mol. The number of H-pyrrole nitrogens is 1. The number of imidazole rings is 2. The number of hydrogen-bond donors (Lipinski definition) is 3. The second-order valence-electron chi connectivity index (χ2n) is 4.22. The summed E-state index contributed by atoms with van der Waals surface area (Å²) in [6.07, 6.45) is 7.05. The van der Waals surface area contributed by atoms with Crippen LogP contribution in [0.4, 0.5) is 11.8 Å². The number of nitrogens with zero attached hydrogens (tertiary/aromatic N) is 5. The van der Waals surface area contributed by atoms with E-state index in [1.54, 1.807) is 12.5 Å². The van der Waals surface area contributed by atoms with Crippen molar-refractivity contribution in [2.24, 2.45) is 0 Å². The van der Waals surface area contributed by atoms with E-state index in [1.807, 2.05) is 10.8 Å². The smallest absolute Gasteiger partial charge is 0.224 e. The molecule has 8 nitrogen and oxygen atoms in total. The highest BCUT2D eigenvalue weighted by Crippen LogP contribution is 2.17. The molecular weight excluding hydrogens is 244 g/mol. The molecule has 3 aromatic heterocycles. The minimum absolute atomic E-state index is 0.165. The Morgan fingerprint density at radius 1 is 1.21 bits per heavy atom. The number of anilines is 2. The van der Waals surface area contributed by atoms with Gasteiger partial charge in [-0.2, -0.15) is 9.97 Å². The van der Waals surface area contributed by atoms with E-state index >= 15 is 0 Å². The van der Waals surface area contributed by atoms with Gasteiger partial charge in [-0.15, -0.1) is 0 Å². The third-order valence-corrected chi connectivity index (χ3v) is 2.88. The second-order valence-corrected chi connectivity index (χ2v) is 4.22. The van der Waals surface area contributed by atoms with Crippen molar-refractivity contribution in [3.05, 3.63) is 24.5 Å². The van der Waals surface area contributed by atoms with Gasteiger partial charge >= 0.3 is 0 Å². The number of aromatic nitrogens is 6. The molecule has 0 spiro atoms. The van der Waals surface area contributed by atoms with Gasteiger partial charge in [-0.1, -0.05) is 0 Å². The first kappa shape index (κ1) is 11.5. The van der Waals surface area contributed by atoms with Crippen LogP contribution in [-0.4, -0.2) is 29.5 Å². The maximum atomic E-state index is 5.75. The van der Waals surface area contributed by atoms with Crippen LogP contribution in [0.1, 0.15) is 12.2 Å². The third kappa shape index (κ3) is 2.19. The summed E-state index contributed by atoms with van der Waals surface area (Å²) in [5.74, 6) is 1.45. The predicted octanol–water partition coefficient (Wildman–Crippen LogP) is 0.347. The summed E-state index contributed by atoms with van der Waals surface area (Å²) in [5, 5.41) is 0. The summed E-state index contributed by atoms with van der Waals surface area (Å²) in [6.45, 7) is 0.771. The summed E-state index contributed by atoms with van der Waals surface area (Å²) in [7, 11) is 0. The molecule has 0 saturated carbocycles. The molecule has 0 unspecified atom stereocenters. The molecule has 3 heterocycles. The quantitative estimate of drug-likeness (QED) is 0.620. The molecule has 98 valence electrons. The molecule has 0 aliphatic heterocycles. The van der Waals surface area contributed by atoms with Crippen molar-refractivity contribution in [3.8, 4) is 0 Å². The molecule has 0 aliphatic rings. The van der Waals surface area contributed by atoms with Crippen molar-refractivity contribution in [1.29, 1.82) is 0 Å². The molecule has 0 saturated heterocycles. The van der Waals surface area contributed by atoms with Gasteiger partial charge in [0.15, 0.2) is 11.5 Å². The Bertz CT molecular complexity index is 684. The molecule has 0 aliphatic carbocycles. The molecule has 8 heteroatoms. The second kappa shape index (κ2) is 4.56. The lowest BCUT2D eigenvalue weighted by Crippen LogP contribution is -2.04. The van der Waals surface area contributed by atoms with Crippen molar-refractivity contribution in [3.63, 3.8) is 0 Å². The normalized spacial score (nSPS) is 11.2. The lowest BCUT2D eigenvalue weighted by atomic mass is 10.3. The predicted molar refractivity (Wildman–Crippen MR) is 71.1 cm³/mol. The van der Waals surface area contributed by atoms with Crippen LogP contribution in [-0.2, 0) is 13.0 Å². The van der Waals surface area contributed by atoms with Crippen LogP contribution in [0.3, 0.4) is 0 Å². The van der Waals surface area contributed by atoms with Crippen molar-refractivity contribution < 1.29 is 0 Å². The van der Waals surface area contributed by atoms with Gasteiger partial charge in [0.05, 0.1) is 6.33 Å². The largest absolute Gasteiger partial charge is 0.382 e. The number of nitrogens with one attached hydrogen (secondary N) is 1. The van der Waals surface area contributed by atoms with E-state index in [1.165, 1.54) is 0 Å². The Morgan fingerprint density at radius 2 is 2.11 bits per heavy atom. The van der Waals surface area contributed by atoms with Crippen molar-refractivity contribution in [2.75, 3.05) is 11.5 Å². The first-order valence-electron chi connectivity index (χ1n) is 5.96.